The molecule has 0 aliphatic heterocycles. The van der Waals surface area contributed by atoms with Gasteiger partial charge in [0.1, 0.15) is 18.2 Å². The summed E-state index contributed by atoms with van der Waals surface area (Å²) in [4.78, 5) is 0. The van der Waals surface area contributed by atoms with Gasteiger partial charge in [-0.15, -0.1) is 0 Å². The number of hydrogen-bond donors (Lipinski definition) is 1. The maximum absolute atomic E-state index is 13.5. The van der Waals surface area contributed by atoms with Crippen LogP contribution in [-0.4, -0.2) is 13.2 Å². The van der Waals surface area contributed by atoms with E-state index in [4.69, 9.17) is 15.2 Å². The molecule has 0 radical (unpaired) electrons. The Labute approximate surface area is 122 Å². The monoisotopic (exact) mass is 293 g/mol. The molecular weight excluding hydrogens is 276 g/mol. The largest absolute Gasteiger partial charge is 0.494 e. The van der Waals surface area contributed by atoms with E-state index >= 15 is 0 Å². The van der Waals surface area contributed by atoms with Gasteiger partial charge in [-0.1, -0.05) is 18.2 Å². The van der Waals surface area contributed by atoms with E-state index in [1.165, 1.54) is 0 Å². The Morgan fingerprint density at radius 3 is 2.57 bits per heavy atom. The summed E-state index contributed by atoms with van der Waals surface area (Å²) < 4.78 is 37.3. The van der Waals surface area contributed by atoms with Gasteiger partial charge in [-0.3, -0.25) is 0 Å². The molecule has 0 fully saturated rings. The van der Waals surface area contributed by atoms with Crippen molar-refractivity contribution in [1.29, 1.82) is 0 Å². The smallest absolute Gasteiger partial charge is 0.165 e. The van der Waals surface area contributed by atoms with Crippen molar-refractivity contribution < 1.29 is 18.3 Å². The average Bonchev–Trinajstić information content (AvgIpc) is 2.49. The minimum absolute atomic E-state index is 0.0183. The number of para-hydroxylation sites is 1. The highest BCUT2D eigenvalue weighted by Gasteiger charge is 2.14. The lowest BCUT2D eigenvalue weighted by molar-refractivity contribution is 0.269. The molecule has 2 aromatic carbocycles. The average molecular weight is 293 g/mol. The van der Waals surface area contributed by atoms with Crippen LogP contribution in [0.2, 0.25) is 0 Å². The quantitative estimate of drug-likeness (QED) is 0.887. The first-order valence-corrected chi connectivity index (χ1v) is 6.67. The van der Waals surface area contributed by atoms with Gasteiger partial charge in [0.05, 0.1) is 12.6 Å². The minimum Gasteiger partial charge on any atom is -0.494 e. The highest BCUT2D eigenvalue weighted by molar-refractivity contribution is 5.36. The van der Waals surface area contributed by atoms with Crippen LogP contribution in [0.5, 0.6) is 11.5 Å². The third-order valence-electron chi connectivity index (χ3n) is 2.93. The summed E-state index contributed by atoms with van der Waals surface area (Å²) in [6, 6.07) is 9.85. The molecule has 0 aliphatic carbocycles. The van der Waals surface area contributed by atoms with Crippen LogP contribution in [0.25, 0.3) is 0 Å². The molecule has 0 bridgehead atoms. The van der Waals surface area contributed by atoms with E-state index in [2.05, 4.69) is 0 Å². The third kappa shape index (κ3) is 3.92. The number of nitrogens with two attached hydrogens (primary N) is 1. The van der Waals surface area contributed by atoms with E-state index in [0.29, 0.717) is 12.4 Å². The van der Waals surface area contributed by atoms with Crippen molar-refractivity contribution in [1.82, 2.24) is 0 Å². The van der Waals surface area contributed by atoms with Crippen LogP contribution < -0.4 is 15.2 Å². The van der Waals surface area contributed by atoms with Gasteiger partial charge in [0, 0.05) is 11.6 Å². The highest BCUT2D eigenvalue weighted by atomic mass is 19.1. The maximum atomic E-state index is 13.5. The Balaban J connectivity index is 2.08. The molecule has 21 heavy (non-hydrogen) atoms. The first kappa shape index (κ1) is 15.3. The molecule has 2 N–H and O–H groups in total. The first-order valence-electron chi connectivity index (χ1n) is 6.67. The van der Waals surface area contributed by atoms with Crippen molar-refractivity contribution >= 4 is 0 Å². The van der Waals surface area contributed by atoms with Crippen LogP contribution in [-0.2, 0) is 0 Å². The molecular formula is C16H17F2NO2. The van der Waals surface area contributed by atoms with Crippen LogP contribution in [0.1, 0.15) is 18.5 Å². The molecule has 1 unspecified atom stereocenters. The fourth-order valence-corrected chi connectivity index (χ4v) is 1.93. The van der Waals surface area contributed by atoms with E-state index < -0.39 is 17.7 Å². The van der Waals surface area contributed by atoms with Gasteiger partial charge in [-0.25, -0.2) is 8.78 Å². The molecule has 0 heterocycles. The topological polar surface area (TPSA) is 44.5 Å². The molecule has 0 saturated carbocycles. The lowest BCUT2D eigenvalue weighted by Crippen LogP contribution is -2.20. The molecule has 1 atom stereocenters. The Hall–Kier alpha value is -2.14. The predicted octanol–water partition coefficient (Wildman–Crippen LogP) is 3.44. The lowest BCUT2D eigenvalue weighted by atomic mass is 10.1. The lowest BCUT2D eigenvalue weighted by Gasteiger charge is -2.17. The number of rotatable bonds is 6. The van der Waals surface area contributed by atoms with E-state index in [1.807, 2.05) is 31.2 Å². The summed E-state index contributed by atoms with van der Waals surface area (Å²) >= 11 is 0. The van der Waals surface area contributed by atoms with Gasteiger partial charge >= 0.3 is 0 Å². The number of halogens is 2. The van der Waals surface area contributed by atoms with Crippen LogP contribution in [0.3, 0.4) is 0 Å². The van der Waals surface area contributed by atoms with Crippen LogP contribution in [0, 0.1) is 11.6 Å². The standard InChI is InChI=1S/C16H17F2NO2/c1-2-20-15-6-4-3-5-12(15)14(19)10-21-16-9-11(17)7-8-13(16)18/h3-9,14H,2,10,19H2,1H3. The third-order valence-corrected chi connectivity index (χ3v) is 2.93. The molecule has 3 nitrogen and oxygen atoms in total. The molecule has 2 rings (SSSR count). The molecule has 0 aliphatic rings. The summed E-state index contributed by atoms with van der Waals surface area (Å²) in [5, 5.41) is 0. The van der Waals surface area contributed by atoms with Gasteiger partial charge < -0.3 is 15.2 Å². The molecule has 112 valence electrons. The SMILES string of the molecule is CCOc1ccccc1C(N)COc1cc(F)ccc1F. The summed E-state index contributed by atoms with van der Waals surface area (Å²) in [6.07, 6.45) is 0. The second kappa shape index (κ2) is 7.04. The van der Waals surface area contributed by atoms with Crippen LogP contribution in [0.15, 0.2) is 42.5 Å². The van der Waals surface area contributed by atoms with E-state index in [-0.39, 0.29) is 12.4 Å². The fourth-order valence-electron chi connectivity index (χ4n) is 1.93. The Morgan fingerprint density at radius 2 is 1.81 bits per heavy atom. The van der Waals surface area contributed by atoms with Gasteiger partial charge in [-0.05, 0) is 25.1 Å². The Bertz CT molecular complexity index is 605. The first-order chi connectivity index (χ1) is 10.1. The second-order valence-electron chi connectivity index (χ2n) is 4.46. The van der Waals surface area contributed by atoms with Crippen molar-refractivity contribution in [3.05, 3.63) is 59.7 Å². The number of ether oxygens (including phenoxy) is 2. The van der Waals surface area contributed by atoms with Crippen molar-refractivity contribution in [2.45, 2.75) is 13.0 Å². The normalized spacial score (nSPS) is 12.0. The summed E-state index contributed by atoms with van der Waals surface area (Å²) in [5.74, 6) is -0.675. The van der Waals surface area contributed by atoms with Crippen molar-refractivity contribution in [2.75, 3.05) is 13.2 Å². The highest BCUT2D eigenvalue weighted by Crippen LogP contribution is 2.25. The zero-order chi connectivity index (χ0) is 15.2. The molecule has 0 saturated heterocycles. The van der Waals surface area contributed by atoms with Crippen LogP contribution in [0.4, 0.5) is 8.78 Å². The fraction of sp³-hybridized carbons (Fsp3) is 0.250. The summed E-state index contributed by atoms with van der Waals surface area (Å²) in [6.45, 7) is 2.41. The zero-order valence-corrected chi connectivity index (χ0v) is 11.7. The van der Waals surface area contributed by atoms with Gasteiger partial charge in [0.15, 0.2) is 11.6 Å². The zero-order valence-electron chi connectivity index (χ0n) is 11.7. The molecule has 0 spiro atoms. The molecule has 5 heteroatoms. The minimum atomic E-state index is -0.623. The van der Waals surface area contributed by atoms with E-state index in [1.54, 1.807) is 0 Å². The number of hydrogen-bond acceptors (Lipinski definition) is 3. The van der Waals surface area contributed by atoms with Gasteiger partial charge in [-0.2, -0.15) is 0 Å². The summed E-state index contributed by atoms with van der Waals surface area (Å²) in [7, 11) is 0. The van der Waals surface area contributed by atoms with Crippen molar-refractivity contribution in [2.24, 2.45) is 5.73 Å². The van der Waals surface area contributed by atoms with E-state index in [9.17, 15) is 8.78 Å². The maximum Gasteiger partial charge on any atom is 0.165 e. The molecule has 0 aromatic heterocycles. The second-order valence-corrected chi connectivity index (χ2v) is 4.46. The molecule has 2 aromatic rings. The van der Waals surface area contributed by atoms with Crippen molar-refractivity contribution in [3.8, 4) is 11.5 Å². The van der Waals surface area contributed by atoms with Crippen molar-refractivity contribution in [3.63, 3.8) is 0 Å². The Kier molecular flexibility index (Phi) is 5.11. The van der Waals surface area contributed by atoms with E-state index in [0.717, 1.165) is 23.8 Å². The summed E-state index contributed by atoms with van der Waals surface area (Å²) in [5.41, 5.74) is 6.80. The van der Waals surface area contributed by atoms with Crippen LogP contribution >= 0.6 is 0 Å². The predicted molar refractivity (Wildman–Crippen MR) is 76.4 cm³/mol. The van der Waals surface area contributed by atoms with Gasteiger partial charge in [0.2, 0.25) is 0 Å². The van der Waals surface area contributed by atoms with Gasteiger partial charge in [0.25, 0.3) is 0 Å². The Morgan fingerprint density at radius 1 is 1.05 bits per heavy atom. The number of benzene rings is 2. The molecule has 0 amide bonds.